The van der Waals surface area contributed by atoms with Crippen molar-refractivity contribution in [1.29, 1.82) is 0 Å². The zero-order valence-electron chi connectivity index (χ0n) is 12.3. The van der Waals surface area contributed by atoms with Gasteiger partial charge in [0.25, 0.3) is 0 Å². The second kappa shape index (κ2) is 5.84. The molecule has 1 saturated heterocycles. The maximum atomic E-state index is 11.1. The van der Waals surface area contributed by atoms with Crippen LogP contribution in [0.1, 0.15) is 42.9 Å². The first-order chi connectivity index (χ1) is 9.74. The molecule has 0 bridgehead atoms. The molecule has 0 spiro atoms. The lowest BCUT2D eigenvalue weighted by Gasteiger charge is -2.46. The van der Waals surface area contributed by atoms with Crippen LogP contribution in [-0.4, -0.2) is 41.8 Å². The average Bonchev–Trinajstić information content (AvgIpc) is 2.99. The monoisotopic (exact) mass is 275 g/mol. The van der Waals surface area contributed by atoms with Crippen LogP contribution in [-0.2, 0) is 4.74 Å². The van der Waals surface area contributed by atoms with Crippen LogP contribution in [0, 0.1) is 6.92 Å². The van der Waals surface area contributed by atoms with E-state index in [1.807, 2.05) is 12.1 Å². The van der Waals surface area contributed by atoms with Gasteiger partial charge in [0.15, 0.2) is 0 Å². The van der Waals surface area contributed by atoms with E-state index >= 15 is 0 Å². The molecule has 110 valence electrons. The predicted octanol–water partition coefficient (Wildman–Crippen LogP) is 2.67. The van der Waals surface area contributed by atoms with Gasteiger partial charge in [-0.05, 0) is 30.9 Å². The van der Waals surface area contributed by atoms with Crippen molar-refractivity contribution in [2.24, 2.45) is 0 Å². The smallest absolute Gasteiger partial charge is 0.0976 e. The summed E-state index contributed by atoms with van der Waals surface area (Å²) in [5.41, 5.74) is 2.22. The van der Waals surface area contributed by atoms with E-state index in [1.54, 1.807) is 0 Å². The zero-order valence-corrected chi connectivity index (χ0v) is 12.3. The Labute approximate surface area is 121 Å². The molecule has 1 aliphatic carbocycles. The van der Waals surface area contributed by atoms with E-state index in [0.717, 1.165) is 44.7 Å². The fourth-order valence-electron chi connectivity index (χ4n) is 3.94. The first-order valence-electron chi connectivity index (χ1n) is 7.80. The van der Waals surface area contributed by atoms with Gasteiger partial charge < -0.3 is 9.84 Å². The first kappa shape index (κ1) is 14.1. The van der Waals surface area contributed by atoms with Gasteiger partial charge in [0.1, 0.15) is 0 Å². The van der Waals surface area contributed by atoms with E-state index < -0.39 is 0 Å². The van der Waals surface area contributed by atoms with Crippen molar-refractivity contribution < 1.29 is 9.84 Å². The summed E-state index contributed by atoms with van der Waals surface area (Å²) in [6, 6.07) is 8.26. The van der Waals surface area contributed by atoms with Crippen LogP contribution in [0.25, 0.3) is 0 Å². The fourth-order valence-corrected chi connectivity index (χ4v) is 3.94. The molecule has 3 nitrogen and oxygen atoms in total. The summed E-state index contributed by atoms with van der Waals surface area (Å²) in [6.45, 7) is 5.58. The highest BCUT2D eigenvalue weighted by molar-refractivity contribution is 5.30. The second-order valence-corrected chi connectivity index (χ2v) is 6.17. The summed E-state index contributed by atoms with van der Waals surface area (Å²) in [6.07, 6.45) is 4.26. The highest BCUT2D eigenvalue weighted by Crippen LogP contribution is 2.45. The molecule has 2 aliphatic rings. The number of rotatable bonds is 3. The van der Waals surface area contributed by atoms with E-state index in [-0.39, 0.29) is 11.6 Å². The molecule has 3 heteroatoms. The van der Waals surface area contributed by atoms with Gasteiger partial charge in [-0.15, -0.1) is 0 Å². The summed E-state index contributed by atoms with van der Waals surface area (Å²) >= 11 is 0. The van der Waals surface area contributed by atoms with Crippen molar-refractivity contribution in [3.05, 3.63) is 35.4 Å². The van der Waals surface area contributed by atoms with Gasteiger partial charge in [-0.3, -0.25) is 4.90 Å². The quantitative estimate of drug-likeness (QED) is 0.920. The van der Waals surface area contributed by atoms with Crippen molar-refractivity contribution >= 4 is 0 Å². The van der Waals surface area contributed by atoms with E-state index in [2.05, 4.69) is 24.0 Å². The van der Waals surface area contributed by atoms with Crippen LogP contribution in [0.3, 0.4) is 0 Å². The summed E-state index contributed by atoms with van der Waals surface area (Å²) in [4.78, 5) is 2.49. The van der Waals surface area contributed by atoms with Crippen LogP contribution < -0.4 is 0 Å². The zero-order chi connectivity index (χ0) is 14.0. The van der Waals surface area contributed by atoms with Gasteiger partial charge in [-0.1, -0.05) is 37.1 Å². The van der Waals surface area contributed by atoms with Gasteiger partial charge >= 0.3 is 0 Å². The van der Waals surface area contributed by atoms with Crippen molar-refractivity contribution in [2.75, 3.05) is 26.3 Å². The minimum atomic E-state index is -0.385. The number of aliphatic hydroxyl groups excluding tert-OH is 1. The van der Waals surface area contributed by atoms with Crippen molar-refractivity contribution in [1.82, 2.24) is 4.90 Å². The Bertz CT molecular complexity index is 448. The predicted molar refractivity (Wildman–Crippen MR) is 79.7 cm³/mol. The molecule has 2 fully saturated rings. The van der Waals surface area contributed by atoms with Crippen molar-refractivity contribution in [3.63, 3.8) is 0 Å². The molecule has 1 heterocycles. The number of benzene rings is 1. The summed E-state index contributed by atoms with van der Waals surface area (Å²) < 4.78 is 5.49. The van der Waals surface area contributed by atoms with Crippen LogP contribution in [0.2, 0.25) is 0 Å². The molecular weight excluding hydrogens is 250 g/mol. The van der Waals surface area contributed by atoms with Crippen LogP contribution in [0.4, 0.5) is 0 Å². The van der Waals surface area contributed by atoms with Gasteiger partial charge in [-0.25, -0.2) is 0 Å². The number of morpholine rings is 1. The Morgan fingerprint density at radius 3 is 2.45 bits per heavy atom. The number of hydrogen-bond donors (Lipinski definition) is 1. The topological polar surface area (TPSA) is 32.7 Å². The number of nitrogens with zero attached hydrogens (tertiary/aromatic N) is 1. The maximum Gasteiger partial charge on any atom is 0.0976 e. The third kappa shape index (κ3) is 2.39. The largest absolute Gasteiger partial charge is 0.386 e. The molecule has 1 unspecified atom stereocenters. The second-order valence-electron chi connectivity index (χ2n) is 6.17. The van der Waals surface area contributed by atoms with Crippen LogP contribution >= 0.6 is 0 Å². The standard InChI is InChI=1S/C17H25NO2/c1-14-6-2-3-7-15(14)16(19)17(8-4-5-9-17)18-10-12-20-13-11-18/h2-3,6-7,16,19H,4-5,8-13H2,1H3. The molecule has 1 saturated carbocycles. The highest BCUT2D eigenvalue weighted by Gasteiger charge is 2.46. The number of aryl methyl sites for hydroxylation is 1. The van der Waals surface area contributed by atoms with Gasteiger partial charge in [0, 0.05) is 13.1 Å². The molecule has 0 amide bonds. The third-order valence-electron chi connectivity index (χ3n) is 5.10. The van der Waals surface area contributed by atoms with Gasteiger partial charge in [0.2, 0.25) is 0 Å². The van der Waals surface area contributed by atoms with E-state index in [1.165, 1.54) is 18.4 Å². The Balaban J connectivity index is 1.91. The van der Waals surface area contributed by atoms with Crippen LogP contribution in [0.5, 0.6) is 0 Å². The first-order valence-corrected chi connectivity index (χ1v) is 7.80. The molecule has 20 heavy (non-hydrogen) atoms. The molecule has 3 rings (SSSR count). The van der Waals surface area contributed by atoms with Gasteiger partial charge in [0.05, 0.1) is 24.9 Å². The lowest BCUT2D eigenvalue weighted by Crippen LogP contribution is -2.55. The van der Waals surface area contributed by atoms with Crippen molar-refractivity contribution in [3.8, 4) is 0 Å². The minimum Gasteiger partial charge on any atom is -0.386 e. The number of aliphatic hydroxyl groups is 1. The minimum absolute atomic E-state index is 0.0735. The van der Waals surface area contributed by atoms with Crippen LogP contribution in [0.15, 0.2) is 24.3 Å². The molecule has 1 N–H and O–H groups in total. The SMILES string of the molecule is Cc1ccccc1C(O)C1(N2CCOCC2)CCCC1. The maximum absolute atomic E-state index is 11.1. The average molecular weight is 275 g/mol. The Hall–Kier alpha value is -0.900. The lowest BCUT2D eigenvalue weighted by atomic mass is 9.82. The van der Waals surface area contributed by atoms with Crippen molar-refractivity contribution in [2.45, 2.75) is 44.2 Å². The molecule has 1 aliphatic heterocycles. The summed E-state index contributed by atoms with van der Waals surface area (Å²) in [5.74, 6) is 0. The third-order valence-corrected chi connectivity index (χ3v) is 5.10. The summed E-state index contributed by atoms with van der Waals surface area (Å²) in [7, 11) is 0. The highest BCUT2D eigenvalue weighted by atomic mass is 16.5. The Kier molecular flexibility index (Phi) is 4.11. The molecule has 1 atom stereocenters. The number of hydrogen-bond acceptors (Lipinski definition) is 3. The van der Waals surface area contributed by atoms with E-state index in [0.29, 0.717) is 0 Å². The molecule has 0 aromatic heterocycles. The Morgan fingerprint density at radius 1 is 1.15 bits per heavy atom. The fraction of sp³-hybridized carbons (Fsp3) is 0.647. The summed E-state index contributed by atoms with van der Waals surface area (Å²) in [5, 5.41) is 11.1. The molecule has 1 aromatic rings. The van der Waals surface area contributed by atoms with E-state index in [4.69, 9.17) is 4.74 Å². The van der Waals surface area contributed by atoms with E-state index in [9.17, 15) is 5.11 Å². The normalized spacial score (nSPS) is 24.7. The molecule has 1 aromatic carbocycles. The number of ether oxygens (including phenoxy) is 1. The van der Waals surface area contributed by atoms with Gasteiger partial charge in [-0.2, -0.15) is 0 Å². The molecule has 0 radical (unpaired) electrons. The Morgan fingerprint density at radius 2 is 1.80 bits per heavy atom. The lowest BCUT2D eigenvalue weighted by molar-refractivity contribution is -0.0776. The molecular formula is C17H25NO2.